The van der Waals surface area contributed by atoms with E-state index in [9.17, 15) is 4.79 Å². The number of benzene rings is 1. The molecule has 6 heteroatoms. The van der Waals surface area contributed by atoms with Crippen molar-refractivity contribution in [1.29, 1.82) is 0 Å². The van der Waals surface area contributed by atoms with E-state index < -0.39 is 0 Å². The number of aromatic nitrogens is 3. The summed E-state index contributed by atoms with van der Waals surface area (Å²) in [5.74, 6) is 0.675. The number of halogens is 1. The maximum atomic E-state index is 12.0. The summed E-state index contributed by atoms with van der Waals surface area (Å²) in [6.07, 6.45) is 2.77. The third-order valence-corrected chi connectivity index (χ3v) is 4.63. The minimum absolute atomic E-state index is 0.00558. The molecule has 0 aliphatic carbocycles. The molecule has 0 unspecified atom stereocenters. The molecule has 3 aromatic rings. The first-order valence-corrected chi connectivity index (χ1v) is 8.04. The van der Waals surface area contributed by atoms with Crippen molar-refractivity contribution in [1.82, 2.24) is 19.9 Å². The molecule has 23 heavy (non-hydrogen) atoms. The number of hydrogen-bond donors (Lipinski definition) is 2. The Bertz CT molecular complexity index is 943. The van der Waals surface area contributed by atoms with Gasteiger partial charge in [0.1, 0.15) is 5.82 Å². The van der Waals surface area contributed by atoms with Crippen LogP contribution in [0.15, 0.2) is 29.2 Å². The SMILES string of the molecule is Cc1nc2c(c(=O)[nH]1)CCN(Cc1c[nH]c3ccc(Cl)cc13)C2. The molecule has 1 aromatic carbocycles. The van der Waals surface area contributed by atoms with Crippen molar-refractivity contribution >= 4 is 22.5 Å². The summed E-state index contributed by atoms with van der Waals surface area (Å²) in [6.45, 7) is 4.19. The maximum Gasteiger partial charge on any atom is 0.254 e. The Kier molecular flexibility index (Phi) is 3.47. The van der Waals surface area contributed by atoms with Gasteiger partial charge < -0.3 is 9.97 Å². The normalized spacial score (nSPS) is 15.0. The summed E-state index contributed by atoms with van der Waals surface area (Å²) in [7, 11) is 0. The first-order chi connectivity index (χ1) is 11.1. The molecule has 5 nitrogen and oxygen atoms in total. The lowest BCUT2D eigenvalue weighted by Crippen LogP contribution is -2.35. The number of rotatable bonds is 2. The summed E-state index contributed by atoms with van der Waals surface area (Å²) in [5.41, 5.74) is 4.04. The molecule has 4 rings (SSSR count). The van der Waals surface area contributed by atoms with Crippen LogP contribution in [0.2, 0.25) is 5.02 Å². The summed E-state index contributed by atoms with van der Waals surface area (Å²) in [5, 5.41) is 1.89. The molecular formula is C17H17ClN4O. The van der Waals surface area contributed by atoms with Gasteiger partial charge in [0, 0.05) is 47.3 Å². The van der Waals surface area contributed by atoms with E-state index in [0.717, 1.165) is 46.7 Å². The third kappa shape index (κ3) is 2.66. The highest BCUT2D eigenvalue weighted by molar-refractivity contribution is 6.31. The van der Waals surface area contributed by atoms with Crippen molar-refractivity contribution in [2.75, 3.05) is 6.54 Å². The summed E-state index contributed by atoms with van der Waals surface area (Å²) >= 11 is 6.12. The minimum Gasteiger partial charge on any atom is -0.361 e. The highest BCUT2D eigenvalue weighted by Crippen LogP contribution is 2.25. The predicted octanol–water partition coefficient (Wildman–Crippen LogP) is 2.77. The van der Waals surface area contributed by atoms with E-state index in [1.54, 1.807) is 0 Å². The van der Waals surface area contributed by atoms with Crippen LogP contribution in [-0.4, -0.2) is 26.4 Å². The van der Waals surface area contributed by atoms with Gasteiger partial charge in [0.25, 0.3) is 5.56 Å². The van der Waals surface area contributed by atoms with Crippen LogP contribution < -0.4 is 5.56 Å². The van der Waals surface area contributed by atoms with Crippen LogP contribution >= 0.6 is 11.6 Å². The molecule has 0 radical (unpaired) electrons. The van der Waals surface area contributed by atoms with Gasteiger partial charge in [-0.05, 0) is 37.1 Å². The van der Waals surface area contributed by atoms with Gasteiger partial charge in [-0.25, -0.2) is 4.98 Å². The molecular weight excluding hydrogens is 312 g/mol. The Morgan fingerprint density at radius 1 is 1.39 bits per heavy atom. The lowest BCUT2D eigenvalue weighted by molar-refractivity contribution is 0.241. The largest absolute Gasteiger partial charge is 0.361 e. The van der Waals surface area contributed by atoms with E-state index >= 15 is 0 Å². The van der Waals surface area contributed by atoms with Crippen LogP contribution in [0.4, 0.5) is 0 Å². The number of aromatic amines is 2. The van der Waals surface area contributed by atoms with Gasteiger partial charge in [-0.3, -0.25) is 9.69 Å². The monoisotopic (exact) mass is 328 g/mol. The fraction of sp³-hybridized carbons (Fsp3) is 0.294. The van der Waals surface area contributed by atoms with Crippen molar-refractivity contribution in [3.63, 3.8) is 0 Å². The van der Waals surface area contributed by atoms with Crippen LogP contribution in [-0.2, 0) is 19.5 Å². The Morgan fingerprint density at radius 2 is 2.26 bits per heavy atom. The van der Waals surface area contributed by atoms with Crippen LogP contribution in [0, 0.1) is 6.92 Å². The first kappa shape index (κ1) is 14.5. The molecule has 0 spiro atoms. The molecule has 0 saturated heterocycles. The molecule has 0 amide bonds. The number of nitrogens with zero attached hydrogens (tertiary/aromatic N) is 2. The molecule has 0 bridgehead atoms. The van der Waals surface area contributed by atoms with Crippen molar-refractivity contribution < 1.29 is 0 Å². The van der Waals surface area contributed by atoms with Gasteiger partial charge in [0.05, 0.1) is 5.69 Å². The molecule has 118 valence electrons. The van der Waals surface area contributed by atoms with Crippen molar-refractivity contribution in [2.45, 2.75) is 26.4 Å². The van der Waals surface area contributed by atoms with E-state index in [4.69, 9.17) is 11.6 Å². The molecule has 1 aliphatic heterocycles. The second kappa shape index (κ2) is 5.51. The third-order valence-electron chi connectivity index (χ3n) is 4.39. The topological polar surface area (TPSA) is 64.8 Å². The fourth-order valence-electron chi connectivity index (χ4n) is 3.28. The predicted molar refractivity (Wildman–Crippen MR) is 90.7 cm³/mol. The van der Waals surface area contributed by atoms with E-state index in [1.165, 1.54) is 5.56 Å². The zero-order valence-electron chi connectivity index (χ0n) is 12.8. The molecule has 0 saturated carbocycles. The van der Waals surface area contributed by atoms with Crippen molar-refractivity contribution in [3.8, 4) is 0 Å². The molecule has 0 fully saturated rings. The summed E-state index contributed by atoms with van der Waals surface area (Å²) < 4.78 is 0. The Morgan fingerprint density at radius 3 is 3.13 bits per heavy atom. The second-order valence-electron chi connectivity index (χ2n) is 6.04. The first-order valence-electron chi connectivity index (χ1n) is 7.67. The Labute approximate surface area is 138 Å². The van der Waals surface area contributed by atoms with Crippen LogP contribution in [0.1, 0.15) is 22.6 Å². The molecule has 2 aromatic heterocycles. The number of fused-ring (bicyclic) bond motifs is 2. The number of H-pyrrole nitrogens is 2. The van der Waals surface area contributed by atoms with Gasteiger partial charge in [0.2, 0.25) is 0 Å². The van der Waals surface area contributed by atoms with E-state index in [1.807, 2.05) is 31.3 Å². The minimum atomic E-state index is 0.00558. The molecule has 1 aliphatic rings. The number of aryl methyl sites for hydroxylation is 1. The van der Waals surface area contributed by atoms with E-state index in [0.29, 0.717) is 12.4 Å². The van der Waals surface area contributed by atoms with E-state index in [2.05, 4.69) is 19.9 Å². The quantitative estimate of drug-likeness (QED) is 0.760. The highest BCUT2D eigenvalue weighted by Gasteiger charge is 2.21. The summed E-state index contributed by atoms with van der Waals surface area (Å²) in [6, 6.07) is 5.88. The van der Waals surface area contributed by atoms with Crippen molar-refractivity contribution in [3.05, 3.63) is 62.4 Å². The highest BCUT2D eigenvalue weighted by atomic mass is 35.5. The van der Waals surface area contributed by atoms with Gasteiger partial charge in [-0.15, -0.1) is 0 Å². The molecule has 0 atom stereocenters. The zero-order chi connectivity index (χ0) is 16.0. The van der Waals surface area contributed by atoms with Gasteiger partial charge in [-0.1, -0.05) is 11.6 Å². The van der Waals surface area contributed by atoms with Gasteiger partial charge in [0.15, 0.2) is 0 Å². The molecule has 2 N–H and O–H groups in total. The number of hydrogen-bond acceptors (Lipinski definition) is 3. The number of nitrogens with one attached hydrogen (secondary N) is 2. The lowest BCUT2D eigenvalue weighted by atomic mass is 10.1. The smallest absolute Gasteiger partial charge is 0.254 e. The van der Waals surface area contributed by atoms with Crippen LogP contribution in [0.5, 0.6) is 0 Å². The molecule has 3 heterocycles. The van der Waals surface area contributed by atoms with Crippen LogP contribution in [0.25, 0.3) is 10.9 Å². The van der Waals surface area contributed by atoms with Gasteiger partial charge >= 0.3 is 0 Å². The van der Waals surface area contributed by atoms with Crippen LogP contribution in [0.3, 0.4) is 0 Å². The van der Waals surface area contributed by atoms with Gasteiger partial charge in [-0.2, -0.15) is 0 Å². The Hall–Kier alpha value is -2.11. The van der Waals surface area contributed by atoms with E-state index in [-0.39, 0.29) is 5.56 Å². The maximum absolute atomic E-state index is 12.0. The van der Waals surface area contributed by atoms with Crippen molar-refractivity contribution in [2.24, 2.45) is 0 Å². The lowest BCUT2D eigenvalue weighted by Gasteiger charge is -2.27. The average molecular weight is 329 g/mol. The zero-order valence-corrected chi connectivity index (χ0v) is 13.6. The summed E-state index contributed by atoms with van der Waals surface area (Å²) in [4.78, 5) is 24.9. The fourth-order valence-corrected chi connectivity index (χ4v) is 3.45. The standard InChI is InChI=1S/C17H17ClN4O/c1-10-20-16-9-22(5-4-13(16)17(23)21-10)8-11-7-19-15-3-2-12(18)6-14(11)15/h2-3,6-7,19H,4-5,8-9H2,1H3,(H,20,21,23). The Balaban J connectivity index is 1.62. The second-order valence-corrected chi connectivity index (χ2v) is 6.48. The average Bonchev–Trinajstić information content (AvgIpc) is 2.89.